The van der Waals surface area contributed by atoms with E-state index < -0.39 is 0 Å². The minimum atomic E-state index is -0.133. The normalized spacial score (nSPS) is 14.2. The number of rotatable bonds is 5. The van der Waals surface area contributed by atoms with E-state index in [9.17, 15) is 4.79 Å². The molecule has 6 heteroatoms. The molecule has 1 aliphatic carbocycles. The van der Waals surface area contributed by atoms with E-state index in [0.717, 1.165) is 41.1 Å². The molecule has 0 spiro atoms. The Morgan fingerprint density at radius 3 is 2.80 bits per heavy atom. The van der Waals surface area contributed by atoms with Gasteiger partial charge in [0.2, 0.25) is 0 Å². The van der Waals surface area contributed by atoms with Crippen LogP contribution in [0.25, 0.3) is 11.0 Å². The summed E-state index contributed by atoms with van der Waals surface area (Å²) in [4.78, 5) is 17.3. The summed E-state index contributed by atoms with van der Waals surface area (Å²) in [6.45, 7) is 2.15. The minimum absolute atomic E-state index is 0.133. The molecule has 3 aromatic rings. The number of amides is 1. The van der Waals surface area contributed by atoms with Gasteiger partial charge in [-0.2, -0.15) is 5.10 Å². The van der Waals surface area contributed by atoms with Gasteiger partial charge in [-0.05, 0) is 43.5 Å². The molecule has 6 nitrogen and oxygen atoms in total. The summed E-state index contributed by atoms with van der Waals surface area (Å²) in [5.41, 5.74) is 4.37. The molecule has 1 aliphatic rings. The fraction of sp³-hybridized carbons (Fsp3) is 0.421. The molecule has 0 atom stereocenters. The molecule has 1 amide bonds. The van der Waals surface area contributed by atoms with Gasteiger partial charge in [0.05, 0.1) is 16.7 Å². The standard InChI is InChI=1S/C19H23N5O/c1-4-5-18-21-15-10-13(8-9-16(15)23(18)2)20-19(25)17-11-14(12-6-7-12)22-24(17)3/h8-12H,4-7H2,1-3H3,(H,20,25). The Labute approximate surface area is 146 Å². The maximum absolute atomic E-state index is 12.6. The predicted octanol–water partition coefficient (Wildman–Crippen LogP) is 3.39. The minimum Gasteiger partial charge on any atom is -0.331 e. The molecule has 2 heterocycles. The van der Waals surface area contributed by atoms with Gasteiger partial charge in [-0.15, -0.1) is 0 Å². The quantitative estimate of drug-likeness (QED) is 0.776. The van der Waals surface area contributed by atoms with Gasteiger partial charge < -0.3 is 9.88 Å². The van der Waals surface area contributed by atoms with Crippen molar-refractivity contribution in [1.29, 1.82) is 0 Å². The number of hydrogen-bond donors (Lipinski definition) is 1. The number of aromatic nitrogens is 4. The van der Waals surface area contributed by atoms with E-state index in [1.54, 1.807) is 4.68 Å². The van der Waals surface area contributed by atoms with Crippen molar-refractivity contribution in [2.24, 2.45) is 14.1 Å². The van der Waals surface area contributed by atoms with Crippen molar-refractivity contribution in [3.63, 3.8) is 0 Å². The molecule has 0 unspecified atom stereocenters. The highest BCUT2D eigenvalue weighted by Gasteiger charge is 2.28. The smallest absolute Gasteiger partial charge is 0.273 e. The van der Waals surface area contributed by atoms with E-state index in [2.05, 4.69) is 26.9 Å². The highest BCUT2D eigenvalue weighted by molar-refractivity contribution is 6.04. The summed E-state index contributed by atoms with van der Waals surface area (Å²) in [7, 11) is 3.85. The summed E-state index contributed by atoms with van der Waals surface area (Å²) in [5.74, 6) is 1.47. The zero-order valence-electron chi connectivity index (χ0n) is 14.9. The summed E-state index contributed by atoms with van der Waals surface area (Å²) in [5, 5.41) is 7.44. The van der Waals surface area contributed by atoms with E-state index >= 15 is 0 Å². The first-order valence-corrected chi connectivity index (χ1v) is 8.87. The summed E-state index contributed by atoms with van der Waals surface area (Å²) in [6, 6.07) is 7.78. The number of aryl methyl sites for hydroxylation is 3. The lowest BCUT2D eigenvalue weighted by Crippen LogP contribution is -2.16. The fourth-order valence-electron chi connectivity index (χ4n) is 3.25. The van der Waals surface area contributed by atoms with Gasteiger partial charge in [0.25, 0.3) is 5.91 Å². The summed E-state index contributed by atoms with van der Waals surface area (Å²) >= 11 is 0. The number of benzene rings is 1. The van der Waals surface area contributed by atoms with Crippen LogP contribution in [-0.2, 0) is 20.5 Å². The zero-order valence-corrected chi connectivity index (χ0v) is 14.9. The number of carbonyl (C=O) groups excluding carboxylic acids is 1. The van der Waals surface area contributed by atoms with Crippen LogP contribution in [0.2, 0.25) is 0 Å². The number of nitrogens with one attached hydrogen (secondary N) is 1. The molecule has 1 aromatic carbocycles. The van der Waals surface area contributed by atoms with Crippen molar-refractivity contribution in [2.45, 2.75) is 38.5 Å². The Bertz CT molecular complexity index is 948. The maximum atomic E-state index is 12.6. The molecule has 4 rings (SSSR count). The molecule has 0 saturated heterocycles. The van der Waals surface area contributed by atoms with Gasteiger partial charge in [-0.3, -0.25) is 9.48 Å². The van der Waals surface area contributed by atoms with Gasteiger partial charge in [0, 0.05) is 32.1 Å². The lowest BCUT2D eigenvalue weighted by atomic mass is 10.2. The van der Waals surface area contributed by atoms with E-state index in [0.29, 0.717) is 11.6 Å². The largest absolute Gasteiger partial charge is 0.331 e. The van der Waals surface area contributed by atoms with Crippen LogP contribution in [0, 0.1) is 0 Å². The Kier molecular flexibility index (Phi) is 3.82. The van der Waals surface area contributed by atoms with Crippen molar-refractivity contribution in [3.05, 3.63) is 41.5 Å². The number of hydrogen-bond acceptors (Lipinski definition) is 3. The molecule has 1 fully saturated rings. The number of fused-ring (bicyclic) bond motifs is 1. The topological polar surface area (TPSA) is 64.7 Å². The molecule has 130 valence electrons. The highest BCUT2D eigenvalue weighted by atomic mass is 16.2. The predicted molar refractivity (Wildman–Crippen MR) is 97.8 cm³/mol. The number of anilines is 1. The average molecular weight is 337 g/mol. The zero-order chi connectivity index (χ0) is 17.6. The molecule has 2 aromatic heterocycles. The lowest BCUT2D eigenvalue weighted by molar-refractivity contribution is 0.101. The number of nitrogens with zero attached hydrogens (tertiary/aromatic N) is 4. The molecule has 0 bridgehead atoms. The highest BCUT2D eigenvalue weighted by Crippen LogP contribution is 2.39. The van der Waals surface area contributed by atoms with Gasteiger partial charge in [0.15, 0.2) is 0 Å². The first kappa shape index (κ1) is 15.9. The third-order valence-electron chi connectivity index (χ3n) is 4.83. The van der Waals surface area contributed by atoms with Crippen molar-refractivity contribution in [3.8, 4) is 0 Å². The first-order valence-electron chi connectivity index (χ1n) is 8.87. The average Bonchev–Trinajstić information content (AvgIpc) is 3.29. The summed E-state index contributed by atoms with van der Waals surface area (Å²) in [6.07, 6.45) is 4.36. The second-order valence-corrected chi connectivity index (χ2v) is 6.85. The van der Waals surface area contributed by atoms with E-state index in [1.807, 2.05) is 38.4 Å². The van der Waals surface area contributed by atoms with Crippen LogP contribution in [0.4, 0.5) is 5.69 Å². The molecule has 1 saturated carbocycles. The van der Waals surface area contributed by atoms with Crippen molar-refractivity contribution in [1.82, 2.24) is 19.3 Å². The second kappa shape index (κ2) is 6.02. The van der Waals surface area contributed by atoms with Crippen LogP contribution in [0.15, 0.2) is 24.3 Å². The van der Waals surface area contributed by atoms with Gasteiger partial charge in [-0.25, -0.2) is 4.98 Å². The molecule has 1 N–H and O–H groups in total. The van der Waals surface area contributed by atoms with Gasteiger partial charge >= 0.3 is 0 Å². The molecular formula is C19H23N5O. The monoisotopic (exact) mass is 337 g/mol. The molecule has 0 aliphatic heterocycles. The van der Waals surface area contributed by atoms with Crippen LogP contribution in [0.3, 0.4) is 0 Å². The fourth-order valence-corrected chi connectivity index (χ4v) is 3.25. The lowest BCUT2D eigenvalue weighted by Gasteiger charge is -2.05. The second-order valence-electron chi connectivity index (χ2n) is 6.85. The van der Waals surface area contributed by atoms with Gasteiger partial charge in [-0.1, -0.05) is 6.92 Å². The van der Waals surface area contributed by atoms with Crippen molar-refractivity contribution >= 4 is 22.6 Å². The van der Waals surface area contributed by atoms with E-state index in [4.69, 9.17) is 0 Å². The van der Waals surface area contributed by atoms with Crippen LogP contribution in [-0.4, -0.2) is 25.2 Å². The Morgan fingerprint density at radius 2 is 2.08 bits per heavy atom. The number of imidazole rings is 1. The maximum Gasteiger partial charge on any atom is 0.273 e. The van der Waals surface area contributed by atoms with Crippen molar-refractivity contribution in [2.75, 3.05) is 5.32 Å². The van der Waals surface area contributed by atoms with Crippen molar-refractivity contribution < 1.29 is 4.79 Å². The van der Waals surface area contributed by atoms with Crippen LogP contribution >= 0.6 is 0 Å². The number of carbonyl (C=O) groups is 1. The van der Waals surface area contributed by atoms with E-state index in [-0.39, 0.29) is 5.91 Å². The van der Waals surface area contributed by atoms with E-state index in [1.165, 1.54) is 12.8 Å². The Balaban J connectivity index is 1.58. The van der Waals surface area contributed by atoms with Crippen LogP contribution in [0.5, 0.6) is 0 Å². The molecule has 25 heavy (non-hydrogen) atoms. The van der Waals surface area contributed by atoms with Crippen LogP contribution in [0.1, 0.15) is 54.1 Å². The van der Waals surface area contributed by atoms with Crippen LogP contribution < -0.4 is 5.32 Å². The first-order chi connectivity index (χ1) is 12.1. The van der Waals surface area contributed by atoms with Gasteiger partial charge in [0.1, 0.15) is 11.5 Å². The Hall–Kier alpha value is -2.63. The molecule has 0 radical (unpaired) electrons. The third kappa shape index (κ3) is 2.92. The third-order valence-corrected chi connectivity index (χ3v) is 4.83. The molecular weight excluding hydrogens is 314 g/mol. The Morgan fingerprint density at radius 1 is 1.28 bits per heavy atom. The SMILES string of the molecule is CCCc1nc2cc(NC(=O)c3cc(C4CC4)nn3C)ccc2n1C. The summed E-state index contributed by atoms with van der Waals surface area (Å²) < 4.78 is 3.79.